The lowest BCUT2D eigenvalue weighted by molar-refractivity contribution is 0.735. The van der Waals surface area contributed by atoms with E-state index in [2.05, 4.69) is 38.1 Å². The fraction of sp³-hybridized carbons (Fsp3) is 0.667. The minimum absolute atomic E-state index is 0.620. The fourth-order valence-corrected chi connectivity index (χ4v) is 3.47. The Hall–Kier alpha value is -0.0900. The number of anilines is 1. The fourth-order valence-electron chi connectivity index (χ4n) is 1.71. The number of halogens is 1. The monoisotopic (exact) mass is 260 g/mol. The average Bonchev–Trinajstić information content (AvgIpc) is 2.58. The topological polar surface area (TPSA) is 16.1 Å². The minimum Gasteiger partial charge on any atom is -0.344 e. The number of thiazole rings is 1. The number of aromatic nitrogens is 1. The predicted octanol–water partition coefficient (Wildman–Crippen LogP) is 2.81. The van der Waals surface area contributed by atoms with E-state index in [1.165, 1.54) is 11.6 Å². The van der Waals surface area contributed by atoms with Gasteiger partial charge in [0, 0.05) is 22.8 Å². The van der Waals surface area contributed by atoms with Crippen LogP contribution in [0.2, 0.25) is 0 Å². The molecule has 1 aromatic rings. The third-order valence-electron chi connectivity index (χ3n) is 2.38. The maximum absolute atomic E-state index is 4.50. The Morgan fingerprint density at radius 2 is 2.46 bits per heavy atom. The lowest BCUT2D eigenvalue weighted by Gasteiger charge is -2.19. The maximum atomic E-state index is 4.50. The number of hydrogen-bond donors (Lipinski definition) is 0. The van der Waals surface area contributed by atoms with Gasteiger partial charge in [0.05, 0.1) is 5.69 Å². The molecule has 0 amide bonds. The number of hydrogen-bond acceptors (Lipinski definition) is 3. The summed E-state index contributed by atoms with van der Waals surface area (Å²) >= 11 is 5.40. The summed E-state index contributed by atoms with van der Waals surface area (Å²) in [6.45, 7) is 5.40. The van der Waals surface area contributed by atoms with E-state index in [0.29, 0.717) is 10.9 Å². The molecule has 13 heavy (non-hydrogen) atoms. The molecule has 0 aromatic carbocycles. The van der Waals surface area contributed by atoms with Crippen LogP contribution in [-0.4, -0.2) is 22.4 Å². The van der Waals surface area contributed by atoms with Crippen molar-refractivity contribution in [3.05, 3.63) is 11.1 Å². The Labute approximate surface area is 91.1 Å². The van der Waals surface area contributed by atoms with Crippen molar-refractivity contribution in [2.45, 2.75) is 31.1 Å². The van der Waals surface area contributed by atoms with Gasteiger partial charge >= 0.3 is 0 Å². The molecule has 1 fully saturated rings. The Kier molecular flexibility index (Phi) is 2.60. The molecular formula is C9H13BrN2S. The summed E-state index contributed by atoms with van der Waals surface area (Å²) in [7, 11) is 0. The van der Waals surface area contributed by atoms with Gasteiger partial charge in [-0.05, 0) is 20.3 Å². The quantitative estimate of drug-likeness (QED) is 0.723. The van der Waals surface area contributed by atoms with E-state index >= 15 is 0 Å². The van der Waals surface area contributed by atoms with E-state index in [1.54, 1.807) is 11.3 Å². The average molecular weight is 261 g/mol. The van der Waals surface area contributed by atoms with Gasteiger partial charge in [-0.3, -0.25) is 0 Å². The van der Waals surface area contributed by atoms with E-state index in [9.17, 15) is 0 Å². The largest absolute Gasteiger partial charge is 0.344 e. The van der Waals surface area contributed by atoms with Gasteiger partial charge in [0.25, 0.3) is 0 Å². The first-order valence-corrected chi connectivity index (χ1v) is 6.29. The van der Waals surface area contributed by atoms with E-state index < -0.39 is 0 Å². The maximum Gasteiger partial charge on any atom is 0.185 e. The molecule has 2 rings (SSSR count). The molecule has 0 aliphatic carbocycles. The van der Waals surface area contributed by atoms with Crippen LogP contribution in [0.15, 0.2) is 5.38 Å². The van der Waals surface area contributed by atoms with Gasteiger partial charge < -0.3 is 4.90 Å². The Morgan fingerprint density at radius 3 is 2.92 bits per heavy atom. The highest BCUT2D eigenvalue weighted by Crippen LogP contribution is 2.30. The number of aryl methyl sites for hydroxylation is 1. The van der Waals surface area contributed by atoms with Gasteiger partial charge in [0.15, 0.2) is 5.13 Å². The summed E-state index contributed by atoms with van der Waals surface area (Å²) in [6, 6.07) is 0.620. The molecule has 0 radical (unpaired) electrons. The summed E-state index contributed by atoms with van der Waals surface area (Å²) in [4.78, 5) is 7.52. The van der Waals surface area contributed by atoms with Gasteiger partial charge in [0.2, 0.25) is 0 Å². The molecule has 1 aliphatic heterocycles. The van der Waals surface area contributed by atoms with Crippen LogP contribution in [0.4, 0.5) is 5.13 Å². The van der Waals surface area contributed by atoms with Crippen LogP contribution in [0, 0.1) is 6.92 Å². The molecule has 0 bridgehead atoms. The smallest absolute Gasteiger partial charge is 0.185 e. The molecule has 2 unspecified atom stereocenters. The van der Waals surface area contributed by atoms with Crippen LogP contribution < -0.4 is 4.90 Å². The first-order chi connectivity index (χ1) is 6.16. The molecule has 4 heteroatoms. The van der Waals surface area contributed by atoms with Crippen molar-refractivity contribution >= 4 is 32.4 Å². The van der Waals surface area contributed by atoms with Crippen molar-refractivity contribution in [1.29, 1.82) is 0 Å². The van der Waals surface area contributed by atoms with Crippen molar-refractivity contribution in [3.63, 3.8) is 0 Å². The van der Waals surface area contributed by atoms with Crippen molar-refractivity contribution in [3.8, 4) is 0 Å². The Bertz CT molecular complexity index is 300. The first-order valence-electron chi connectivity index (χ1n) is 4.49. The predicted molar refractivity (Wildman–Crippen MR) is 61.0 cm³/mol. The highest BCUT2D eigenvalue weighted by atomic mass is 79.9. The second-order valence-corrected chi connectivity index (χ2v) is 5.74. The van der Waals surface area contributed by atoms with Gasteiger partial charge in [-0.25, -0.2) is 4.98 Å². The molecular weight excluding hydrogens is 248 g/mol. The van der Waals surface area contributed by atoms with Crippen LogP contribution >= 0.6 is 27.3 Å². The summed E-state index contributed by atoms with van der Waals surface area (Å²) in [5.41, 5.74) is 1.13. The summed E-state index contributed by atoms with van der Waals surface area (Å²) in [5.74, 6) is 0. The zero-order chi connectivity index (χ0) is 9.42. The third-order valence-corrected chi connectivity index (χ3v) is 4.04. The van der Waals surface area contributed by atoms with Crippen LogP contribution in [0.25, 0.3) is 0 Å². The van der Waals surface area contributed by atoms with E-state index in [1.807, 2.05) is 6.92 Å². The zero-order valence-corrected chi connectivity index (χ0v) is 10.2. The normalized spacial score (nSPS) is 28.4. The summed E-state index contributed by atoms with van der Waals surface area (Å²) in [6.07, 6.45) is 1.22. The second-order valence-electron chi connectivity index (χ2n) is 3.61. The SMILES string of the molecule is Cc1csc(N2CC(Br)CC2C)n1. The molecule has 2 nitrogen and oxygen atoms in total. The highest BCUT2D eigenvalue weighted by molar-refractivity contribution is 9.09. The molecule has 72 valence electrons. The van der Waals surface area contributed by atoms with Gasteiger partial charge in [-0.15, -0.1) is 11.3 Å². The molecule has 1 aromatic heterocycles. The molecule has 1 saturated heterocycles. The number of alkyl halides is 1. The van der Waals surface area contributed by atoms with Gasteiger partial charge in [0.1, 0.15) is 0 Å². The summed E-state index contributed by atoms with van der Waals surface area (Å²) in [5, 5.41) is 3.29. The van der Waals surface area contributed by atoms with E-state index in [4.69, 9.17) is 0 Å². The highest BCUT2D eigenvalue weighted by Gasteiger charge is 2.28. The standard InChI is InChI=1S/C9H13BrN2S/c1-6-5-13-9(11-6)12-4-8(10)3-7(12)2/h5,7-8H,3-4H2,1-2H3. The lowest BCUT2D eigenvalue weighted by atomic mass is 10.2. The molecule has 2 atom stereocenters. The van der Waals surface area contributed by atoms with E-state index in [-0.39, 0.29) is 0 Å². The third kappa shape index (κ3) is 1.89. The minimum atomic E-state index is 0.620. The summed E-state index contributed by atoms with van der Waals surface area (Å²) < 4.78 is 0. The van der Waals surface area contributed by atoms with E-state index in [0.717, 1.165) is 12.2 Å². The molecule has 0 N–H and O–H groups in total. The van der Waals surface area contributed by atoms with Crippen molar-refractivity contribution in [1.82, 2.24) is 4.98 Å². The molecule has 2 heterocycles. The second kappa shape index (κ2) is 3.58. The van der Waals surface area contributed by atoms with Crippen LogP contribution in [0.5, 0.6) is 0 Å². The van der Waals surface area contributed by atoms with Crippen molar-refractivity contribution < 1.29 is 0 Å². The molecule has 0 spiro atoms. The Balaban J connectivity index is 2.17. The molecule has 0 saturated carbocycles. The van der Waals surface area contributed by atoms with Gasteiger partial charge in [-0.1, -0.05) is 15.9 Å². The number of rotatable bonds is 1. The van der Waals surface area contributed by atoms with Crippen LogP contribution in [-0.2, 0) is 0 Å². The van der Waals surface area contributed by atoms with Crippen LogP contribution in [0.3, 0.4) is 0 Å². The molecule has 1 aliphatic rings. The zero-order valence-electron chi connectivity index (χ0n) is 7.83. The van der Waals surface area contributed by atoms with Crippen LogP contribution in [0.1, 0.15) is 19.0 Å². The van der Waals surface area contributed by atoms with Gasteiger partial charge in [-0.2, -0.15) is 0 Å². The first kappa shape index (κ1) is 9.46. The number of nitrogens with zero attached hydrogens (tertiary/aromatic N) is 2. The van der Waals surface area contributed by atoms with Crippen molar-refractivity contribution in [2.24, 2.45) is 0 Å². The Morgan fingerprint density at radius 1 is 1.69 bits per heavy atom. The van der Waals surface area contributed by atoms with Crippen molar-refractivity contribution in [2.75, 3.05) is 11.4 Å². The lowest BCUT2D eigenvalue weighted by Crippen LogP contribution is -2.26.